The summed E-state index contributed by atoms with van der Waals surface area (Å²) in [6.07, 6.45) is 3.91. The zero-order valence-electron chi connectivity index (χ0n) is 10.5. The highest BCUT2D eigenvalue weighted by Gasteiger charge is 2.19. The molecule has 0 atom stereocenters. The Morgan fingerprint density at radius 1 is 1.26 bits per heavy atom. The van der Waals surface area contributed by atoms with Gasteiger partial charge in [-0.3, -0.25) is 4.99 Å². The van der Waals surface area contributed by atoms with Crippen molar-refractivity contribution in [2.75, 3.05) is 11.5 Å². The normalized spacial score (nSPS) is 15.6. The van der Waals surface area contributed by atoms with E-state index < -0.39 is 0 Å². The topological polar surface area (TPSA) is 34.7 Å². The molecule has 0 amide bonds. The summed E-state index contributed by atoms with van der Waals surface area (Å²) in [5.41, 5.74) is 1.07. The van der Waals surface area contributed by atoms with Crippen LogP contribution >= 0.6 is 11.8 Å². The minimum Gasteiger partial charge on any atom is -0.489 e. The molecule has 19 heavy (non-hydrogen) atoms. The van der Waals surface area contributed by atoms with Crippen molar-refractivity contribution in [3.63, 3.8) is 0 Å². The number of benzene rings is 1. The molecule has 2 heterocycles. The third-order valence-electron chi connectivity index (χ3n) is 2.86. The maximum Gasteiger partial charge on any atom is 0.125 e. The highest BCUT2D eigenvalue weighted by Crippen LogP contribution is 2.23. The lowest BCUT2D eigenvalue weighted by molar-refractivity contribution is 0.240. The first-order valence-electron chi connectivity index (χ1n) is 6.27. The molecule has 98 valence electrons. The molecule has 3 rings (SSSR count). The van der Waals surface area contributed by atoms with Crippen LogP contribution in [0.25, 0.3) is 0 Å². The Bertz CT molecular complexity index is 530. The standard InChI is InChI=1S/C15H15NO2S/c1-2-14(17-7-1)9-16-8-12-3-5-13(6-4-12)18-15-10-19-11-15/h1-8,15H,9-11H2. The van der Waals surface area contributed by atoms with Crippen LogP contribution in [0.15, 0.2) is 52.1 Å². The van der Waals surface area contributed by atoms with Crippen LogP contribution in [0.3, 0.4) is 0 Å². The monoisotopic (exact) mass is 273 g/mol. The van der Waals surface area contributed by atoms with Crippen molar-refractivity contribution in [2.24, 2.45) is 4.99 Å². The number of rotatable bonds is 5. The Labute approximate surface area is 116 Å². The van der Waals surface area contributed by atoms with Gasteiger partial charge in [0.1, 0.15) is 17.6 Å². The van der Waals surface area contributed by atoms with Crippen molar-refractivity contribution in [2.45, 2.75) is 12.6 Å². The SMILES string of the molecule is C(=NCc1ccco1)c1ccc(OC2CSC2)cc1. The van der Waals surface area contributed by atoms with Gasteiger partial charge in [0.25, 0.3) is 0 Å². The highest BCUT2D eigenvalue weighted by atomic mass is 32.2. The lowest BCUT2D eigenvalue weighted by atomic mass is 10.2. The van der Waals surface area contributed by atoms with E-state index in [1.54, 1.807) is 6.26 Å². The molecule has 0 radical (unpaired) electrons. The molecule has 0 N–H and O–H groups in total. The number of thioether (sulfide) groups is 1. The molecule has 1 aliphatic rings. The van der Waals surface area contributed by atoms with Crippen molar-refractivity contribution >= 4 is 18.0 Å². The van der Waals surface area contributed by atoms with E-state index in [0.29, 0.717) is 12.6 Å². The quantitative estimate of drug-likeness (QED) is 0.783. The molecule has 3 nitrogen and oxygen atoms in total. The molecule has 4 heteroatoms. The second kappa shape index (κ2) is 5.97. The Kier molecular flexibility index (Phi) is 3.89. The first-order valence-corrected chi connectivity index (χ1v) is 7.42. The summed E-state index contributed by atoms with van der Waals surface area (Å²) in [6, 6.07) is 11.8. The van der Waals surface area contributed by atoms with E-state index in [2.05, 4.69) is 4.99 Å². The molecule has 0 bridgehead atoms. The van der Waals surface area contributed by atoms with Crippen molar-refractivity contribution in [3.05, 3.63) is 54.0 Å². The van der Waals surface area contributed by atoms with E-state index in [1.165, 1.54) is 0 Å². The van der Waals surface area contributed by atoms with Crippen LogP contribution in [0.4, 0.5) is 0 Å². The summed E-state index contributed by atoms with van der Waals surface area (Å²) in [5, 5.41) is 0. The van der Waals surface area contributed by atoms with Crippen LogP contribution in [0, 0.1) is 0 Å². The van der Waals surface area contributed by atoms with E-state index >= 15 is 0 Å². The second-order valence-corrected chi connectivity index (χ2v) is 5.47. The number of furan rings is 1. The zero-order chi connectivity index (χ0) is 12.9. The van der Waals surface area contributed by atoms with Crippen LogP contribution in [0.2, 0.25) is 0 Å². The number of ether oxygens (including phenoxy) is 1. The van der Waals surface area contributed by atoms with Crippen molar-refractivity contribution in [1.82, 2.24) is 0 Å². The van der Waals surface area contributed by atoms with Crippen molar-refractivity contribution in [3.8, 4) is 5.75 Å². The zero-order valence-corrected chi connectivity index (χ0v) is 11.3. The third-order valence-corrected chi connectivity index (χ3v) is 4.07. The molecule has 0 spiro atoms. The lowest BCUT2D eigenvalue weighted by Crippen LogP contribution is -2.30. The minimum atomic E-state index is 0.392. The van der Waals surface area contributed by atoms with Gasteiger partial charge >= 0.3 is 0 Å². The molecule has 1 aromatic carbocycles. The van der Waals surface area contributed by atoms with Crippen LogP contribution in [-0.4, -0.2) is 23.8 Å². The number of aliphatic imine (C=N–C) groups is 1. The fraction of sp³-hybridized carbons (Fsp3) is 0.267. The van der Waals surface area contributed by atoms with Crippen molar-refractivity contribution in [1.29, 1.82) is 0 Å². The van der Waals surface area contributed by atoms with Gasteiger partial charge < -0.3 is 9.15 Å². The summed E-state index contributed by atoms with van der Waals surface area (Å²) in [4.78, 5) is 4.34. The molecule has 0 aliphatic carbocycles. The molecule has 1 fully saturated rings. The minimum absolute atomic E-state index is 0.392. The predicted octanol–water partition coefficient (Wildman–Crippen LogP) is 3.39. The molecule has 1 aromatic heterocycles. The average molecular weight is 273 g/mol. The number of hydrogen-bond acceptors (Lipinski definition) is 4. The molecule has 0 unspecified atom stereocenters. The van der Waals surface area contributed by atoms with Crippen LogP contribution in [-0.2, 0) is 6.54 Å². The van der Waals surface area contributed by atoms with Crippen LogP contribution in [0.1, 0.15) is 11.3 Å². The van der Waals surface area contributed by atoms with Gasteiger partial charge in [0.2, 0.25) is 0 Å². The van der Waals surface area contributed by atoms with Gasteiger partial charge in [-0.25, -0.2) is 0 Å². The largest absolute Gasteiger partial charge is 0.489 e. The summed E-state index contributed by atoms with van der Waals surface area (Å²) in [7, 11) is 0. The average Bonchev–Trinajstić information content (AvgIpc) is 2.89. The number of nitrogens with zero attached hydrogens (tertiary/aromatic N) is 1. The van der Waals surface area contributed by atoms with E-state index in [0.717, 1.165) is 28.6 Å². The second-order valence-electron chi connectivity index (χ2n) is 4.40. The summed E-state index contributed by atoms with van der Waals surface area (Å²) in [6.45, 7) is 0.574. The van der Waals surface area contributed by atoms with Gasteiger partial charge in [-0.05, 0) is 42.0 Å². The first kappa shape index (κ1) is 12.4. The Morgan fingerprint density at radius 2 is 2.11 bits per heavy atom. The molecule has 1 aliphatic heterocycles. The molecular formula is C15H15NO2S. The smallest absolute Gasteiger partial charge is 0.125 e. The number of hydrogen-bond donors (Lipinski definition) is 0. The summed E-state index contributed by atoms with van der Waals surface area (Å²) < 4.78 is 11.0. The van der Waals surface area contributed by atoms with Crippen LogP contribution in [0.5, 0.6) is 5.75 Å². The first-order chi connectivity index (χ1) is 9.40. The van der Waals surface area contributed by atoms with Gasteiger partial charge in [0.05, 0.1) is 12.8 Å². The molecular weight excluding hydrogens is 258 g/mol. The summed E-state index contributed by atoms with van der Waals surface area (Å²) >= 11 is 1.92. The van der Waals surface area contributed by atoms with E-state index in [9.17, 15) is 0 Å². The van der Waals surface area contributed by atoms with E-state index in [1.807, 2.05) is 54.4 Å². The van der Waals surface area contributed by atoms with Gasteiger partial charge in [-0.2, -0.15) is 11.8 Å². The molecule has 0 saturated carbocycles. The van der Waals surface area contributed by atoms with Crippen LogP contribution < -0.4 is 4.74 Å². The fourth-order valence-electron chi connectivity index (χ4n) is 1.75. The Balaban J connectivity index is 1.54. The summed E-state index contributed by atoms with van der Waals surface area (Å²) in [5.74, 6) is 4.02. The lowest BCUT2D eigenvalue weighted by Gasteiger charge is -2.25. The van der Waals surface area contributed by atoms with Gasteiger partial charge in [-0.1, -0.05) is 0 Å². The van der Waals surface area contributed by atoms with Crippen molar-refractivity contribution < 1.29 is 9.15 Å². The maximum atomic E-state index is 5.79. The predicted molar refractivity (Wildman–Crippen MR) is 78.2 cm³/mol. The molecule has 1 saturated heterocycles. The van der Waals surface area contributed by atoms with E-state index in [4.69, 9.17) is 9.15 Å². The Hall–Kier alpha value is -1.68. The van der Waals surface area contributed by atoms with Gasteiger partial charge in [0, 0.05) is 17.7 Å². The van der Waals surface area contributed by atoms with Gasteiger partial charge in [0.15, 0.2) is 0 Å². The third kappa shape index (κ3) is 3.41. The van der Waals surface area contributed by atoms with Gasteiger partial charge in [-0.15, -0.1) is 0 Å². The fourth-order valence-corrected chi connectivity index (χ4v) is 2.31. The maximum absolute atomic E-state index is 5.79. The molecule has 2 aromatic rings. The highest BCUT2D eigenvalue weighted by molar-refractivity contribution is 8.00. The Morgan fingerprint density at radius 3 is 2.74 bits per heavy atom. The van der Waals surface area contributed by atoms with E-state index in [-0.39, 0.29) is 0 Å².